The average molecular weight is 517 g/mol. The van der Waals surface area contributed by atoms with Crippen molar-refractivity contribution in [1.29, 1.82) is 0 Å². The summed E-state index contributed by atoms with van der Waals surface area (Å²) < 4.78 is 0. The number of β-lactam (4-membered cyclic amide) rings is 1. The van der Waals surface area contributed by atoms with E-state index in [1.807, 2.05) is 38.1 Å². The van der Waals surface area contributed by atoms with Crippen LogP contribution in [0.15, 0.2) is 34.9 Å². The lowest BCUT2D eigenvalue weighted by molar-refractivity contribution is -0.163. The Kier molecular flexibility index (Phi) is 7.41. The van der Waals surface area contributed by atoms with Crippen molar-refractivity contribution in [3.63, 3.8) is 0 Å². The van der Waals surface area contributed by atoms with Crippen LogP contribution in [-0.4, -0.2) is 101 Å². The summed E-state index contributed by atoms with van der Waals surface area (Å²) in [4.78, 5) is 45.8. The number of aliphatic hydroxyl groups is 1. The van der Waals surface area contributed by atoms with Gasteiger partial charge >= 0.3 is 5.97 Å². The molecule has 3 aliphatic rings. The van der Waals surface area contributed by atoms with Crippen molar-refractivity contribution in [2.24, 2.45) is 11.8 Å². The fraction of sp³-hybridized carbons (Fsp3) is 0.577. The summed E-state index contributed by atoms with van der Waals surface area (Å²) in [5.41, 5.74) is 2.23. The number of aliphatic carboxylic acids is 1. The molecule has 4 rings (SSSR count). The molecular formula is C26H36N4O5S. The largest absolute Gasteiger partial charge is 0.477 e. The van der Waals surface area contributed by atoms with Crippen LogP contribution in [0, 0.1) is 11.8 Å². The van der Waals surface area contributed by atoms with E-state index in [0.29, 0.717) is 24.4 Å². The van der Waals surface area contributed by atoms with E-state index in [-0.39, 0.29) is 40.8 Å². The van der Waals surface area contributed by atoms with Crippen molar-refractivity contribution in [3.05, 3.63) is 40.4 Å². The van der Waals surface area contributed by atoms with Crippen LogP contribution in [0.5, 0.6) is 0 Å². The molecule has 6 atom stereocenters. The second-order valence-corrected chi connectivity index (χ2v) is 11.8. The van der Waals surface area contributed by atoms with Gasteiger partial charge < -0.3 is 24.9 Å². The molecule has 2 saturated heterocycles. The topological polar surface area (TPSA) is 105 Å². The van der Waals surface area contributed by atoms with E-state index in [1.54, 1.807) is 25.9 Å². The Labute approximate surface area is 216 Å². The number of hydrogen-bond acceptors (Lipinski definition) is 7. The van der Waals surface area contributed by atoms with Gasteiger partial charge in [-0.15, -0.1) is 11.8 Å². The number of amides is 2. The van der Waals surface area contributed by atoms with Crippen LogP contribution < -0.4 is 4.90 Å². The molecule has 9 nitrogen and oxygen atoms in total. The molecule has 0 aromatic heterocycles. The fourth-order valence-corrected chi connectivity index (χ4v) is 7.26. The minimum atomic E-state index is -1.12. The van der Waals surface area contributed by atoms with Gasteiger partial charge in [0.15, 0.2) is 0 Å². The maximum Gasteiger partial charge on any atom is 0.353 e. The molecule has 2 N–H and O–H groups in total. The molecule has 3 heterocycles. The number of likely N-dealkylation sites (N-methyl/N-ethyl adjacent to an activating group) is 1. The molecule has 36 heavy (non-hydrogen) atoms. The molecule has 0 unspecified atom stereocenters. The summed E-state index contributed by atoms with van der Waals surface area (Å²) in [7, 11) is 7.49. The molecule has 0 bridgehead atoms. The van der Waals surface area contributed by atoms with Gasteiger partial charge in [-0.3, -0.25) is 14.5 Å². The predicted octanol–water partition coefficient (Wildman–Crippen LogP) is 1.67. The van der Waals surface area contributed by atoms with E-state index in [2.05, 4.69) is 17.0 Å². The summed E-state index contributed by atoms with van der Waals surface area (Å²) >= 11 is 1.48. The molecule has 0 spiro atoms. The molecule has 2 fully saturated rings. The van der Waals surface area contributed by atoms with Crippen LogP contribution in [-0.2, 0) is 20.9 Å². The number of aliphatic hydroxyl groups excluding tert-OH is 1. The Morgan fingerprint density at radius 3 is 2.50 bits per heavy atom. The summed E-state index contributed by atoms with van der Waals surface area (Å²) in [6.07, 6.45) is -0.237. The highest BCUT2D eigenvalue weighted by Crippen LogP contribution is 2.52. The molecule has 0 saturated carbocycles. The van der Waals surface area contributed by atoms with Gasteiger partial charge in [-0.25, -0.2) is 4.79 Å². The molecule has 0 aliphatic carbocycles. The minimum absolute atomic E-state index is 0.00142. The number of anilines is 1. The van der Waals surface area contributed by atoms with E-state index in [4.69, 9.17) is 0 Å². The predicted molar refractivity (Wildman–Crippen MR) is 139 cm³/mol. The lowest BCUT2D eigenvalue weighted by atomic mass is 9.79. The van der Waals surface area contributed by atoms with Crippen LogP contribution in [0.4, 0.5) is 5.69 Å². The first kappa shape index (κ1) is 26.5. The quantitative estimate of drug-likeness (QED) is 0.503. The average Bonchev–Trinajstić information content (AvgIpc) is 3.30. The molecule has 2 amide bonds. The molecule has 0 radical (unpaired) electrons. The van der Waals surface area contributed by atoms with Gasteiger partial charge in [-0.2, -0.15) is 0 Å². The zero-order chi connectivity index (χ0) is 26.5. The first-order chi connectivity index (χ1) is 16.9. The minimum Gasteiger partial charge on any atom is -0.477 e. The van der Waals surface area contributed by atoms with Crippen molar-refractivity contribution < 1.29 is 24.6 Å². The standard InChI is InChI=1S/C26H36N4O5S/c1-14-21-20(15(2)31)25(33)30(21)22(26(34)35)23(14)36-18-11-19(24(32)28(5)6)29(13-18)12-16-8-7-9-17(10-16)27(3)4/h7-10,14-15,18-21,31H,11-13H2,1-6H3,(H,34,35)/t14-,15-,18+,19+,20-,21-/m1/s1. The van der Waals surface area contributed by atoms with Gasteiger partial charge in [0.25, 0.3) is 0 Å². The van der Waals surface area contributed by atoms with Crippen LogP contribution in [0.2, 0.25) is 0 Å². The van der Waals surface area contributed by atoms with Crippen LogP contribution in [0.3, 0.4) is 0 Å². The maximum absolute atomic E-state index is 13.1. The number of benzene rings is 1. The number of thioether (sulfide) groups is 1. The van der Waals surface area contributed by atoms with E-state index in [1.165, 1.54) is 16.7 Å². The third-order valence-electron chi connectivity index (χ3n) is 7.51. The van der Waals surface area contributed by atoms with Crippen molar-refractivity contribution in [2.75, 3.05) is 39.6 Å². The van der Waals surface area contributed by atoms with Crippen LogP contribution in [0.25, 0.3) is 0 Å². The van der Waals surface area contributed by atoms with Crippen molar-refractivity contribution >= 4 is 35.2 Å². The number of likely N-dealkylation sites (tertiary alicyclic amines) is 1. The third kappa shape index (κ3) is 4.62. The SMILES string of the molecule is C[C@@H](O)[C@H]1C(=O)N2C(C(=O)O)=C(S[C@H]3C[C@@H](C(=O)N(C)C)N(Cc4cccc(N(C)C)c4)C3)[C@H](C)[C@H]12. The van der Waals surface area contributed by atoms with Gasteiger partial charge in [0, 0.05) is 63.0 Å². The molecule has 1 aromatic rings. The molecule has 196 valence electrons. The number of rotatable bonds is 8. The number of carbonyl (C=O) groups is 3. The van der Waals surface area contributed by atoms with E-state index < -0.39 is 18.0 Å². The van der Waals surface area contributed by atoms with Crippen molar-refractivity contribution in [3.8, 4) is 0 Å². The highest BCUT2D eigenvalue weighted by molar-refractivity contribution is 8.03. The number of fused-ring (bicyclic) bond motifs is 1. The molecule has 1 aromatic carbocycles. The summed E-state index contributed by atoms with van der Waals surface area (Å²) in [5, 5.41) is 20.1. The van der Waals surface area contributed by atoms with E-state index >= 15 is 0 Å². The number of nitrogens with zero attached hydrogens (tertiary/aromatic N) is 4. The fourth-order valence-electron chi connectivity index (χ4n) is 5.70. The van der Waals surface area contributed by atoms with E-state index in [9.17, 15) is 24.6 Å². The lowest BCUT2D eigenvalue weighted by Crippen LogP contribution is -2.63. The smallest absolute Gasteiger partial charge is 0.353 e. The monoisotopic (exact) mass is 516 g/mol. The molecular weight excluding hydrogens is 480 g/mol. The molecule has 10 heteroatoms. The van der Waals surface area contributed by atoms with Crippen molar-refractivity contribution in [1.82, 2.24) is 14.7 Å². The summed E-state index contributed by atoms with van der Waals surface area (Å²) in [5.74, 6) is -2.20. The molecule has 3 aliphatic heterocycles. The van der Waals surface area contributed by atoms with E-state index in [0.717, 1.165) is 11.3 Å². The highest BCUT2D eigenvalue weighted by Gasteiger charge is 2.60. The van der Waals surface area contributed by atoms with Gasteiger partial charge in [0.1, 0.15) is 5.70 Å². The van der Waals surface area contributed by atoms with Gasteiger partial charge in [-0.1, -0.05) is 19.1 Å². The Morgan fingerprint density at radius 2 is 1.92 bits per heavy atom. The number of hydrogen-bond donors (Lipinski definition) is 2. The second-order valence-electron chi connectivity index (χ2n) is 10.5. The Hall–Kier alpha value is -2.56. The highest BCUT2D eigenvalue weighted by atomic mass is 32.2. The second kappa shape index (κ2) is 10.1. The summed E-state index contributed by atoms with van der Waals surface area (Å²) in [6, 6.07) is 7.59. The van der Waals surface area contributed by atoms with Crippen LogP contribution >= 0.6 is 11.8 Å². The number of carboxylic acids is 1. The zero-order valence-electron chi connectivity index (χ0n) is 21.7. The van der Waals surface area contributed by atoms with Gasteiger partial charge in [0.05, 0.1) is 24.1 Å². The Balaban J connectivity index is 1.58. The van der Waals surface area contributed by atoms with Gasteiger partial charge in [0.2, 0.25) is 11.8 Å². The maximum atomic E-state index is 13.1. The summed E-state index contributed by atoms with van der Waals surface area (Å²) in [6.45, 7) is 4.75. The first-order valence-electron chi connectivity index (χ1n) is 12.3. The first-order valence-corrected chi connectivity index (χ1v) is 13.2. The van der Waals surface area contributed by atoms with Crippen molar-refractivity contribution in [2.45, 2.75) is 50.3 Å². The number of carboxylic acid groups (broad SMARTS) is 1. The zero-order valence-corrected chi connectivity index (χ0v) is 22.5. The normalized spacial score (nSPS) is 28.7. The Bertz CT molecular complexity index is 1090. The lowest BCUT2D eigenvalue weighted by Gasteiger charge is -2.46. The van der Waals surface area contributed by atoms with Crippen LogP contribution in [0.1, 0.15) is 25.8 Å². The Morgan fingerprint density at radius 1 is 1.22 bits per heavy atom. The third-order valence-corrected chi connectivity index (χ3v) is 9.00. The van der Waals surface area contributed by atoms with Gasteiger partial charge in [-0.05, 0) is 31.0 Å². The number of carbonyl (C=O) groups excluding carboxylic acids is 2.